The summed E-state index contributed by atoms with van der Waals surface area (Å²) < 4.78 is 76.7. The Balaban J connectivity index is 2.38. The van der Waals surface area contributed by atoms with Crippen LogP contribution in [0.5, 0.6) is 0 Å². The highest BCUT2D eigenvalue weighted by atomic mass is 19.4. The SMILES string of the molecule is NC(c1ccc(F)c(F)c1)c1ccc(C(F)(F)F)c(F)c1. The van der Waals surface area contributed by atoms with Crippen molar-refractivity contribution in [2.24, 2.45) is 5.73 Å². The molecule has 0 bridgehead atoms. The Morgan fingerprint density at radius 3 is 1.76 bits per heavy atom. The van der Waals surface area contributed by atoms with Gasteiger partial charge in [0.25, 0.3) is 0 Å². The van der Waals surface area contributed by atoms with Crippen LogP contribution in [0.3, 0.4) is 0 Å². The molecule has 1 atom stereocenters. The second-order valence-corrected chi connectivity index (χ2v) is 4.39. The lowest BCUT2D eigenvalue weighted by Crippen LogP contribution is -2.14. The van der Waals surface area contributed by atoms with Crippen LogP contribution >= 0.6 is 0 Å². The van der Waals surface area contributed by atoms with Crippen molar-refractivity contribution in [3.05, 3.63) is 70.5 Å². The van der Waals surface area contributed by atoms with Gasteiger partial charge in [0.05, 0.1) is 11.6 Å². The summed E-state index contributed by atoms with van der Waals surface area (Å²) >= 11 is 0. The molecule has 0 amide bonds. The molecule has 0 fully saturated rings. The summed E-state index contributed by atoms with van der Waals surface area (Å²) in [7, 11) is 0. The minimum atomic E-state index is -4.81. The van der Waals surface area contributed by atoms with Gasteiger partial charge < -0.3 is 5.73 Å². The molecule has 0 aliphatic rings. The summed E-state index contributed by atoms with van der Waals surface area (Å²) in [5.41, 5.74) is 4.45. The van der Waals surface area contributed by atoms with Gasteiger partial charge in [0.2, 0.25) is 0 Å². The van der Waals surface area contributed by atoms with E-state index in [2.05, 4.69) is 0 Å². The lowest BCUT2D eigenvalue weighted by Gasteiger charge is -2.15. The first-order valence-electron chi connectivity index (χ1n) is 5.77. The highest BCUT2D eigenvalue weighted by Crippen LogP contribution is 2.33. The Bertz CT molecular complexity index is 665. The number of hydrogen-bond donors (Lipinski definition) is 1. The second kappa shape index (κ2) is 5.40. The maximum Gasteiger partial charge on any atom is 0.419 e. The molecule has 2 rings (SSSR count). The van der Waals surface area contributed by atoms with Gasteiger partial charge in [-0.1, -0.05) is 12.1 Å². The third kappa shape index (κ3) is 3.18. The van der Waals surface area contributed by atoms with Crippen molar-refractivity contribution in [3.8, 4) is 0 Å². The third-order valence-electron chi connectivity index (χ3n) is 2.96. The third-order valence-corrected chi connectivity index (χ3v) is 2.96. The number of rotatable bonds is 2. The second-order valence-electron chi connectivity index (χ2n) is 4.39. The van der Waals surface area contributed by atoms with Crippen LogP contribution in [-0.2, 0) is 6.18 Å². The van der Waals surface area contributed by atoms with Crippen molar-refractivity contribution >= 4 is 0 Å². The first kappa shape index (κ1) is 15.4. The van der Waals surface area contributed by atoms with Gasteiger partial charge in [-0.05, 0) is 35.4 Å². The summed E-state index contributed by atoms with van der Waals surface area (Å²) in [5, 5.41) is 0. The number of nitrogens with two attached hydrogens (primary N) is 1. The molecule has 0 aliphatic heterocycles. The molecule has 0 saturated heterocycles. The largest absolute Gasteiger partial charge is 0.419 e. The Morgan fingerprint density at radius 2 is 1.29 bits per heavy atom. The molecule has 0 aliphatic carbocycles. The molecular weight excluding hydrogens is 296 g/mol. The van der Waals surface area contributed by atoms with Crippen LogP contribution in [0.4, 0.5) is 26.3 Å². The predicted molar refractivity (Wildman–Crippen MR) is 63.8 cm³/mol. The fourth-order valence-electron chi connectivity index (χ4n) is 1.85. The molecule has 7 heteroatoms. The van der Waals surface area contributed by atoms with Crippen LogP contribution in [0.15, 0.2) is 36.4 Å². The van der Waals surface area contributed by atoms with Crippen LogP contribution in [0.25, 0.3) is 0 Å². The molecule has 2 N–H and O–H groups in total. The number of halogens is 6. The zero-order chi connectivity index (χ0) is 15.8. The fourth-order valence-corrected chi connectivity index (χ4v) is 1.85. The molecule has 21 heavy (non-hydrogen) atoms. The molecule has 2 aromatic carbocycles. The van der Waals surface area contributed by atoms with E-state index < -0.39 is 35.2 Å². The highest BCUT2D eigenvalue weighted by Gasteiger charge is 2.34. The fraction of sp³-hybridized carbons (Fsp3) is 0.143. The Labute approximate surface area is 116 Å². The normalized spacial score (nSPS) is 13.3. The molecular formula is C14H9F6N. The quantitative estimate of drug-likeness (QED) is 0.828. The molecule has 1 nitrogen and oxygen atoms in total. The van der Waals surface area contributed by atoms with Crippen molar-refractivity contribution in [3.63, 3.8) is 0 Å². The van der Waals surface area contributed by atoms with Crippen LogP contribution < -0.4 is 5.73 Å². The maximum atomic E-state index is 13.5. The summed E-state index contributed by atoms with van der Waals surface area (Å²) in [6.07, 6.45) is -4.81. The summed E-state index contributed by atoms with van der Waals surface area (Å²) in [6, 6.07) is 3.95. The van der Waals surface area contributed by atoms with E-state index >= 15 is 0 Å². The van der Waals surface area contributed by atoms with Gasteiger partial charge in [-0.25, -0.2) is 13.2 Å². The maximum absolute atomic E-state index is 13.5. The van der Waals surface area contributed by atoms with Crippen molar-refractivity contribution in [2.45, 2.75) is 12.2 Å². The molecule has 112 valence electrons. The smallest absolute Gasteiger partial charge is 0.320 e. The highest BCUT2D eigenvalue weighted by molar-refractivity contribution is 5.35. The average Bonchev–Trinajstić information content (AvgIpc) is 2.39. The lowest BCUT2D eigenvalue weighted by atomic mass is 9.98. The number of hydrogen-bond acceptors (Lipinski definition) is 1. The van der Waals surface area contributed by atoms with E-state index in [1.165, 1.54) is 6.07 Å². The van der Waals surface area contributed by atoms with Crippen molar-refractivity contribution < 1.29 is 26.3 Å². The van der Waals surface area contributed by atoms with Crippen molar-refractivity contribution in [2.75, 3.05) is 0 Å². The van der Waals surface area contributed by atoms with E-state index in [1.807, 2.05) is 0 Å². The molecule has 0 aromatic heterocycles. The van der Waals surface area contributed by atoms with E-state index in [-0.39, 0.29) is 11.1 Å². The van der Waals surface area contributed by atoms with Crippen molar-refractivity contribution in [1.29, 1.82) is 0 Å². The van der Waals surface area contributed by atoms with Gasteiger partial charge in [0, 0.05) is 0 Å². The predicted octanol–water partition coefficient (Wildman–Crippen LogP) is 4.17. The zero-order valence-electron chi connectivity index (χ0n) is 10.4. The summed E-state index contributed by atoms with van der Waals surface area (Å²) in [4.78, 5) is 0. The van der Waals surface area contributed by atoms with Gasteiger partial charge in [0.1, 0.15) is 5.82 Å². The lowest BCUT2D eigenvalue weighted by molar-refractivity contribution is -0.140. The molecule has 0 radical (unpaired) electrons. The molecule has 2 aromatic rings. The minimum absolute atomic E-state index is 0.0199. The standard InChI is InChI=1S/C14H9F6N/c15-10-4-2-8(6-12(10)17)13(21)7-1-3-9(11(16)5-7)14(18,19)20/h1-6,13H,21H2. The van der Waals surface area contributed by atoms with Crippen LogP contribution in [-0.4, -0.2) is 0 Å². The Hall–Kier alpha value is -2.02. The molecule has 0 spiro atoms. The Morgan fingerprint density at radius 1 is 0.762 bits per heavy atom. The van der Waals surface area contributed by atoms with Gasteiger partial charge in [-0.2, -0.15) is 13.2 Å². The van der Waals surface area contributed by atoms with E-state index in [0.29, 0.717) is 12.1 Å². The first-order valence-corrected chi connectivity index (χ1v) is 5.77. The van der Waals surface area contributed by atoms with E-state index in [1.54, 1.807) is 0 Å². The van der Waals surface area contributed by atoms with Crippen LogP contribution in [0.1, 0.15) is 22.7 Å². The van der Waals surface area contributed by atoms with E-state index in [4.69, 9.17) is 5.73 Å². The number of benzene rings is 2. The van der Waals surface area contributed by atoms with Gasteiger partial charge >= 0.3 is 6.18 Å². The number of alkyl halides is 3. The molecule has 0 saturated carbocycles. The minimum Gasteiger partial charge on any atom is -0.320 e. The summed E-state index contributed by atoms with van der Waals surface area (Å²) in [5.74, 6) is -3.70. The molecule has 0 heterocycles. The summed E-state index contributed by atoms with van der Waals surface area (Å²) in [6.45, 7) is 0. The topological polar surface area (TPSA) is 26.0 Å². The monoisotopic (exact) mass is 305 g/mol. The van der Waals surface area contributed by atoms with Crippen LogP contribution in [0, 0.1) is 17.5 Å². The van der Waals surface area contributed by atoms with Gasteiger partial charge in [-0.15, -0.1) is 0 Å². The van der Waals surface area contributed by atoms with E-state index in [0.717, 1.165) is 18.2 Å². The zero-order valence-corrected chi connectivity index (χ0v) is 10.4. The van der Waals surface area contributed by atoms with Crippen LogP contribution in [0.2, 0.25) is 0 Å². The average molecular weight is 305 g/mol. The van der Waals surface area contributed by atoms with Gasteiger partial charge in [-0.3, -0.25) is 0 Å². The Kier molecular flexibility index (Phi) is 3.95. The van der Waals surface area contributed by atoms with E-state index in [9.17, 15) is 26.3 Å². The van der Waals surface area contributed by atoms with Crippen molar-refractivity contribution in [1.82, 2.24) is 0 Å². The first-order chi connectivity index (χ1) is 9.70. The van der Waals surface area contributed by atoms with Gasteiger partial charge in [0.15, 0.2) is 11.6 Å². The molecule has 1 unspecified atom stereocenters.